The van der Waals surface area contributed by atoms with Crippen LogP contribution in [0.4, 0.5) is 0 Å². The van der Waals surface area contributed by atoms with Crippen LogP contribution in [-0.4, -0.2) is 23.8 Å². The van der Waals surface area contributed by atoms with E-state index in [-0.39, 0.29) is 5.92 Å². The topological polar surface area (TPSA) is 49.3 Å². The summed E-state index contributed by atoms with van der Waals surface area (Å²) in [7, 11) is 0. The molecular weight excluding hydrogens is 338 g/mol. The van der Waals surface area contributed by atoms with E-state index in [0.717, 1.165) is 41.9 Å². The van der Waals surface area contributed by atoms with E-state index in [4.69, 9.17) is 0 Å². The first-order chi connectivity index (χ1) is 11.7. The highest BCUT2D eigenvalue weighted by molar-refractivity contribution is 7.98. The van der Waals surface area contributed by atoms with Crippen LogP contribution < -0.4 is 5.32 Å². The molecule has 0 aliphatic heterocycles. The fourth-order valence-corrected chi connectivity index (χ4v) is 4.36. The molecule has 0 spiro atoms. The predicted octanol–water partition coefficient (Wildman–Crippen LogP) is 5.00. The van der Waals surface area contributed by atoms with Crippen molar-refractivity contribution in [1.82, 2.24) is 5.32 Å². The molecule has 1 aromatic heterocycles. The Labute approximate surface area is 152 Å². The van der Waals surface area contributed by atoms with E-state index in [2.05, 4.69) is 36.7 Å². The number of aromatic hydroxyl groups is 1. The van der Waals surface area contributed by atoms with Gasteiger partial charge in [-0.1, -0.05) is 26.0 Å². The summed E-state index contributed by atoms with van der Waals surface area (Å²) in [5.74, 6) is 2.81. The maximum atomic E-state index is 10.4. The largest absolute Gasteiger partial charge is 0.508 e. The van der Waals surface area contributed by atoms with Crippen LogP contribution in [0.3, 0.4) is 0 Å². The van der Waals surface area contributed by atoms with Gasteiger partial charge in [0.1, 0.15) is 5.75 Å². The maximum Gasteiger partial charge on any atom is 0.207 e. The zero-order chi connectivity index (χ0) is 17.4. The van der Waals surface area contributed by atoms with E-state index in [1.165, 1.54) is 10.4 Å². The number of hydrogen-bond acceptors (Lipinski definition) is 4. The molecule has 1 amide bonds. The Balaban J connectivity index is 2.03. The van der Waals surface area contributed by atoms with Crippen LogP contribution in [0.2, 0.25) is 0 Å². The van der Waals surface area contributed by atoms with E-state index in [1.54, 1.807) is 11.3 Å². The lowest BCUT2D eigenvalue weighted by Gasteiger charge is -2.14. The Kier molecular flexibility index (Phi) is 7.66. The summed E-state index contributed by atoms with van der Waals surface area (Å²) in [6.07, 6.45) is 2.57. The number of phenols is 1. The third-order valence-electron chi connectivity index (χ3n) is 4.04. The monoisotopic (exact) mass is 363 g/mol. The molecular formula is C19H25NO2S2. The van der Waals surface area contributed by atoms with Crippen molar-refractivity contribution < 1.29 is 9.90 Å². The van der Waals surface area contributed by atoms with Crippen LogP contribution in [0.1, 0.15) is 43.0 Å². The first-order valence-corrected chi connectivity index (χ1v) is 10.3. The van der Waals surface area contributed by atoms with Crippen LogP contribution in [0, 0.1) is 0 Å². The molecule has 1 atom stereocenters. The van der Waals surface area contributed by atoms with Crippen molar-refractivity contribution in [2.45, 2.75) is 38.4 Å². The van der Waals surface area contributed by atoms with E-state index in [0.29, 0.717) is 12.3 Å². The first-order valence-electron chi connectivity index (χ1n) is 8.31. The normalized spacial score (nSPS) is 12.1. The Morgan fingerprint density at radius 3 is 2.88 bits per heavy atom. The van der Waals surface area contributed by atoms with Crippen LogP contribution in [0.5, 0.6) is 5.75 Å². The molecule has 0 saturated carbocycles. The molecule has 2 N–H and O–H groups in total. The fourth-order valence-electron chi connectivity index (χ4n) is 2.68. The van der Waals surface area contributed by atoms with Gasteiger partial charge < -0.3 is 10.4 Å². The Morgan fingerprint density at radius 1 is 1.33 bits per heavy atom. The Morgan fingerprint density at radius 2 is 2.17 bits per heavy atom. The van der Waals surface area contributed by atoms with Gasteiger partial charge in [0.15, 0.2) is 0 Å². The second-order valence-electron chi connectivity index (χ2n) is 5.83. The van der Waals surface area contributed by atoms with Crippen LogP contribution in [0.15, 0.2) is 29.6 Å². The van der Waals surface area contributed by atoms with Gasteiger partial charge in [-0.2, -0.15) is 11.8 Å². The van der Waals surface area contributed by atoms with Gasteiger partial charge in [0.25, 0.3) is 0 Å². The number of carbonyl (C=O) groups excluding carboxylic acids is 1. The molecule has 0 aliphatic carbocycles. The highest BCUT2D eigenvalue weighted by atomic mass is 32.2. The Bertz CT molecular complexity index is 655. The van der Waals surface area contributed by atoms with Gasteiger partial charge in [-0.25, -0.2) is 0 Å². The molecule has 24 heavy (non-hydrogen) atoms. The number of amides is 1. The molecule has 0 bridgehead atoms. The molecule has 0 radical (unpaired) electrons. The number of thioether (sulfide) groups is 1. The van der Waals surface area contributed by atoms with Crippen molar-refractivity contribution in [1.29, 1.82) is 0 Å². The Hall–Kier alpha value is -1.46. The molecule has 0 saturated heterocycles. The van der Waals surface area contributed by atoms with Crippen molar-refractivity contribution in [2.24, 2.45) is 0 Å². The van der Waals surface area contributed by atoms with Gasteiger partial charge in [-0.15, -0.1) is 11.3 Å². The number of rotatable bonds is 10. The number of hydrogen-bond donors (Lipinski definition) is 2. The van der Waals surface area contributed by atoms with Gasteiger partial charge >= 0.3 is 0 Å². The molecule has 2 rings (SSSR count). The molecule has 1 heterocycles. The molecule has 1 aromatic carbocycles. The van der Waals surface area contributed by atoms with Gasteiger partial charge in [0, 0.05) is 17.2 Å². The quantitative estimate of drug-likeness (QED) is 0.461. The molecule has 130 valence electrons. The predicted molar refractivity (Wildman–Crippen MR) is 105 cm³/mol. The molecule has 3 nitrogen and oxygen atoms in total. The number of benzene rings is 1. The summed E-state index contributed by atoms with van der Waals surface area (Å²) in [6.45, 7) is 4.96. The lowest BCUT2D eigenvalue weighted by atomic mass is 9.93. The molecule has 2 aromatic rings. The van der Waals surface area contributed by atoms with Crippen LogP contribution in [-0.2, 0) is 10.5 Å². The van der Waals surface area contributed by atoms with Gasteiger partial charge in [-0.05, 0) is 58.7 Å². The summed E-state index contributed by atoms with van der Waals surface area (Å²) in [5, 5.41) is 15.2. The van der Waals surface area contributed by atoms with Crippen molar-refractivity contribution in [2.75, 3.05) is 12.3 Å². The molecule has 1 unspecified atom stereocenters. The zero-order valence-electron chi connectivity index (χ0n) is 14.2. The van der Waals surface area contributed by atoms with E-state index >= 15 is 0 Å². The van der Waals surface area contributed by atoms with Crippen LogP contribution >= 0.6 is 23.1 Å². The number of carbonyl (C=O) groups is 1. The average molecular weight is 364 g/mol. The minimum Gasteiger partial charge on any atom is -0.508 e. The second kappa shape index (κ2) is 9.74. The summed E-state index contributed by atoms with van der Waals surface area (Å²) in [6, 6.07) is 8.21. The highest BCUT2D eigenvalue weighted by Crippen LogP contribution is 2.34. The third kappa shape index (κ3) is 5.28. The van der Waals surface area contributed by atoms with E-state index in [1.807, 2.05) is 23.9 Å². The van der Waals surface area contributed by atoms with Crippen molar-refractivity contribution >= 4 is 29.5 Å². The second-order valence-corrected chi connectivity index (χ2v) is 8.10. The lowest BCUT2D eigenvalue weighted by molar-refractivity contribution is -0.109. The van der Waals surface area contributed by atoms with E-state index < -0.39 is 0 Å². The van der Waals surface area contributed by atoms with Gasteiger partial charge in [-0.3, -0.25) is 4.79 Å². The zero-order valence-corrected chi connectivity index (χ0v) is 15.9. The third-order valence-corrected chi connectivity index (χ3v) is 6.08. The molecule has 0 fully saturated rings. The molecule has 5 heteroatoms. The van der Waals surface area contributed by atoms with Gasteiger partial charge in [0.05, 0.1) is 0 Å². The SMILES string of the molecule is CCSCc1cc(-c2ccc(C(C)CCCNC=O)c(O)c2)cs1. The number of nitrogens with one attached hydrogen (secondary N) is 1. The van der Waals surface area contributed by atoms with Crippen molar-refractivity contribution in [3.8, 4) is 16.9 Å². The minimum atomic E-state index is 0.270. The smallest absolute Gasteiger partial charge is 0.207 e. The summed E-state index contributed by atoms with van der Waals surface area (Å²) in [5.41, 5.74) is 3.22. The standard InChI is InChI=1S/C19H25NO2S2/c1-3-23-12-17-9-16(11-24-17)15-6-7-18(19(22)10-15)14(2)5-4-8-20-13-21/h6-7,9-11,13-14,22H,3-5,8,12H2,1-2H3,(H,20,21). The van der Waals surface area contributed by atoms with Crippen molar-refractivity contribution in [3.63, 3.8) is 0 Å². The lowest BCUT2D eigenvalue weighted by Crippen LogP contribution is -2.12. The fraction of sp³-hybridized carbons (Fsp3) is 0.421. The van der Waals surface area contributed by atoms with Crippen molar-refractivity contribution in [3.05, 3.63) is 40.1 Å². The van der Waals surface area contributed by atoms with Crippen LogP contribution in [0.25, 0.3) is 11.1 Å². The number of phenolic OH excluding ortho intramolecular Hbond substituents is 1. The summed E-state index contributed by atoms with van der Waals surface area (Å²) in [4.78, 5) is 11.6. The first kappa shape index (κ1) is 18.9. The summed E-state index contributed by atoms with van der Waals surface area (Å²) >= 11 is 3.70. The van der Waals surface area contributed by atoms with Gasteiger partial charge in [0.2, 0.25) is 6.41 Å². The average Bonchev–Trinajstić information content (AvgIpc) is 3.05. The van der Waals surface area contributed by atoms with E-state index in [9.17, 15) is 9.90 Å². The summed E-state index contributed by atoms with van der Waals surface area (Å²) < 4.78 is 0. The molecule has 0 aliphatic rings. The highest BCUT2D eigenvalue weighted by Gasteiger charge is 2.12. The minimum absolute atomic E-state index is 0.270. The maximum absolute atomic E-state index is 10.4. The number of thiophene rings is 1.